The number of carbonyl (C=O) groups excluding carboxylic acids is 1. The summed E-state index contributed by atoms with van der Waals surface area (Å²) < 4.78 is 5.15. The second-order valence-corrected chi connectivity index (χ2v) is 5.70. The van der Waals surface area contributed by atoms with E-state index in [1.54, 1.807) is 19.2 Å². The molecule has 128 valence electrons. The largest absolute Gasteiger partial charge is 0.508 e. The molecule has 0 heterocycles. The van der Waals surface area contributed by atoms with Crippen molar-refractivity contribution in [2.75, 3.05) is 20.2 Å². The van der Waals surface area contributed by atoms with E-state index in [2.05, 4.69) is 19.2 Å². The van der Waals surface area contributed by atoms with Gasteiger partial charge in [0.05, 0.1) is 11.4 Å². The van der Waals surface area contributed by atoms with Crippen LogP contribution in [0.25, 0.3) is 5.70 Å². The normalized spacial score (nSPS) is 11.9. The zero-order valence-electron chi connectivity index (χ0n) is 13.9. The summed E-state index contributed by atoms with van der Waals surface area (Å²) in [6.07, 6.45) is 0.369. The maximum atomic E-state index is 11.7. The highest BCUT2D eigenvalue weighted by molar-refractivity contribution is 5.69. The Morgan fingerprint density at radius 2 is 1.96 bits per heavy atom. The number of hydrogen-bond donors (Lipinski definition) is 4. The number of aromatic hydroxyl groups is 1. The summed E-state index contributed by atoms with van der Waals surface area (Å²) in [5.41, 5.74) is 7.61. The molecule has 0 aliphatic heterocycles. The lowest BCUT2D eigenvalue weighted by Crippen LogP contribution is -2.33. The Bertz CT molecular complexity index is 539. The number of nitrogens with zero attached hydrogens (tertiary/aromatic N) is 1. The summed E-state index contributed by atoms with van der Waals surface area (Å²) in [7, 11) is 1.61. The summed E-state index contributed by atoms with van der Waals surface area (Å²) in [4.78, 5) is 11.7. The van der Waals surface area contributed by atoms with E-state index in [-0.39, 0.29) is 12.4 Å². The van der Waals surface area contributed by atoms with E-state index < -0.39 is 6.09 Å². The summed E-state index contributed by atoms with van der Waals surface area (Å²) >= 11 is 0. The third-order valence-corrected chi connectivity index (χ3v) is 3.25. The standard InChI is InChI=1S/C16H26N4O3/c1-11(2)8-9-19-16(22)23-10-14(20(3)18)15(17)12-4-6-13(21)7-5-12/h4-7,11,21H,8-10,17-18H2,1-3H3,(H,19,22)/b15-14-. The fourth-order valence-electron chi connectivity index (χ4n) is 1.83. The third kappa shape index (κ3) is 6.48. The van der Waals surface area contributed by atoms with Gasteiger partial charge in [-0.3, -0.25) is 0 Å². The number of hydrogen-bond acceptors (Lipinski definition) is 6. The van der Waals surface area contributed by atoms with E-state index in [9.17, 15) is 9.90 Å². The molecule has 0 bridgehead atoms. The van der Waals surface area contributed by atoms with Gasteiger partial charge >= 0.3 is 6.09 Å². The van der Waals surface area contributed by atoms with Gasteiger partial charge in [0.1, 0.15) is 12.4 Å². The number of carbonyl (C=O) groups is 1. The van der Waals surface area contributed by atoms with Gasteiger partial charge in [0, 0.05) is 13.6 Å². The number of alkyl carbamates (subject to hydrolysis) is 1. The van der Waals surface area contributed by atoms with Crippen molar-refractivity contribution in [2.24, 2.45) is 17.5 Å². The van der Waals surface area contributed by atoms with Crippen LogP contribution in [0.3, 0.4) is 0 Å². The minimum absolute atomic E-state index is 0.0484. The molecule has 23 heavy (non-hydrogen) atoms. The molecule has 0 radical (unpaired) electrons. The lowest BCUT2D eigenvalue weighted by molar-refractivity contribution is 0.147. The maximum Gasteiger partial charge on any atom is 0.407 e. The number of likely N-dealkylation sites (N-methyl/N-ethyl adjacent to an activating group) is 1. The number of benzene rings is 1. The van der Waals surface area contributed by atoms with Gasteiger partial charge in [0.15, 0.2) is 0 Å². The van der Waals surface area contributed by atoms with Crippen molar-refractivity contribution in [3.05, 3.63) is 35.5 Å². The van der Waals surface area contributed by atoms with Crippen LogP contribution < -0.4 is 16.9 Å². The number of phenolic OH excluding ortho intramolecular Hbond substituents is 1. The van der Waals surface area contributed by atoms with Gasteiger partial charge in [0.2, 0.25) is 0 Å². The fourth-order valence-corrected chi connectivity index (χ4v) is 1.83. The van der Waals surface area contributed by atoms with E-state index >= 15 is 0 Å². The molecule has 0 atom stereocenters. The minimum atomic E-state index is -0.511. The lowest BCUT2D eigenvalue weighted by atomic mass is 10.1. The van der Waals surface area contributed by atoms with Crippen LogP contribution in [0, 0.1) is 5.92 Å². The zero-order chi connectivity index (χ0) is 17.4. The average Bonchev–Trinajstić information content (AvgIpc) is 2.47. The second kappa shape index (κ2) is 8.89. The Kier molecular flexibility index (Phi) is 7.21. The van der Waals surface area contributed by atoms with Crippen LogP contribution in [0.15, 0.2) is 30.0 Å². The highest BCUT2D eigenvalue weighted by atomic mass is 16.5. The monoisotopic (exact) mass is 322 g/mol. The third-order valence-electron chi connectivity index (χ3n) is 3.25. The molecule has 1 aromatic carbocycles. The van der Waals surface area contributed by atoms with Crippen molar-refractivity contribution in [1.29, 1.82) is 0 Å². The van der Waals surface area contributed by atoms with Crippen molar-refractivity contribution in [3.63, 3.8) is 0 Å². The number of amides is 1. The molecule has 0 fully saturated rings. The zero-order valence-corrected chi connectivity index (χ0v) is 13.9. The molecule has 1 amide bonds. The smallest absolute Gasteiger partial charge is 0.407 e. The number of hydrazine groups is 1. The van der Waals surface area contributed by atoms with Gasteiger partial charge in [-0.2, -0.15) is 0 Å². The van der Waals surface area contributed by atoms with Crippen molar-refractivity contribution in [3.8, 4) is 5.75 Å². The van der Waals surface area contributed by atoms with Gasteiger partial charge in [-0.25, -0.2) is 10.6 Å². The van der Waals surface area contributed by atoms with Crippen LogP contribution in [-0.4, -0.2) is 36.4 Å². The Morgan fingerprint density at radius 1 is 1.35 bits per heavy atom. The van der Waals surface area contributed by atoms with E-state index in [0.717, 1.165) is 6.42 Å². The van der Waals surface area contributed by atoms with Gasteiger partial charge in [-0.15, -0.1) is 0 Å². The first-order valence-corrected chi connectivity index (χ1v) is 7.48. The molecule has 0 aromatic heterocycles. The van der Waals surface area contributed by atoms with Gasteiger partial charge in [-0.1, -0.05) is 13.8 Å². The van der Waals surface area contributed by atoms with Crippen molar-refractivity contribution < 1.29 is 14.6 Å². The summed E-state index contributed by atoms with van der Waals surface area (Å²) in [6.45, 7) is 4.67. The first-order chi connectivity index (χ1) is 10.8. The van der Waals surface area contributed by atoms with Crippen molar-refractivity contribution in [2.45, 2.75) is 20.3 Å². The molecule has 6 N–H and O–H groups in total. The first kappa shape index (κ1) is 18.6. The molecule has 1 aromatic rings. The molecule has 0 aliphatic rings. The van der Waals surface area contributed by atoms with Crippen LogP contribution in [-0.2, 0) is 4.74 Å². The topological polar surface area (TPSA) is 114 Å². The number of nitrogens with one attached hydrogen (secondary N) is 1. The highest BCUT2D eigenvalue weighted by Gasteiger charge is 2.12. The van der Waals surface area contributed by atoms with E-state index in [0.29, 0.717) is 29.4 Å². The van der Waals surface area contributed by atoms with Crippen molar-refractivity contribution >= 4 is 11.8 Å². The minimum Gasteiger partial charge on any atom is -0.508 e. The molecule has 0 spiro atoms. The van der Waals surface area contributed by atoms with Crippen LogP contribution in [0.5, 0.6) is 5.75 Å². The van der Waals surface area contributed by atoms with Crippen LogP contribution >= 0.6 is 0 Å². The SMILES string of the molecule is CC(C)CCNC(=O)OC/C(=C(/N)c1ccc(O)cc1)N(C)N. The molecule has 0 unspecified atom stereocenters. The van der Waals surface area contributed by atoms with Crippen LogP contribution in [0.2, 0.25) is 0 Å². The predicted molar refractivity (Wildman–Crippen MR) is 90.0 cm³/mol. The Hall–Kier alpha value is -2.41. The Morgan fingerprint density at radius 3 is 2.48 bits per heavy atom. The second-order valence-electron chi connectivity index (χ2n) is 5.70. The summed E-state index contributed by atoms with van der Waals surface area (Å²) in [5.74, 6) is 6.41. The molecule has 0 saturated carbocycles. The molecule has 0 aliphatic carbocycles. The fraction of sp³-hybridized carbons (Fsp3) is 0.438. The van der Waals surface area contributed by atoms with Crippen LogP contribution in [0.4, 0.5) is 4.79 Å². The summed E-state index contributed by atoms with van der Waals surface area (Å²) in [6, 6.07) is 6.37. The average molecular weight is 322 g/mol. The summed E-state index contributed by atoms with van der Waals surface area (Å²) in [5, 5.41) is 13.3. The quantitative estimate of drug-likeness (QED) is 0.448. The highest BCUT2D eigenvalue weighted by Crippen LogP contribution is 2.18. The molecule has 1 rings (SSSR count). The predicted octanol–water partition coefficient (Wildman–Crippen LogP) is 1.60. The number of ether oxygens (including phenoxy) is 1. The number of nitrogens with two attached hydrogens (primary N) is 2. The van der Waals surface area contributed by atoms with Crippen LogP contribution in [0.1, 0.15) is 25.8 Å². The first-order valence-electron chi connectivity index (χ1n) is 7.48. The Labute approximate surface area is 136 Å². The lowest BCUT2D eigenvalue weighted by Gasteiger charge is -2.20. The van der Waals surface area contributed by atoms with E-state index in [1.807, 2.05) is 0 Å². The molecular weight excluding hydrogens is 296 g/mol. The van der Waals surface area contributed by atoms with Gasteiger partial charge < -0.3 is 25.9 Å². The van der Waals surface area contributed by atoms with Gasteiger partial charge in [0.25, 0.3) is 0 Å². The number of phenols is 1. The Balaban J connectivity index is 2.69. The van der Waals surface area contributed by atoms with E-state index in [4.69, 9.17) is 16.3 Å². The number of rotatable bonds is 7. The maximum absolute atomic E-state index is 11.7. The molecule has 7 nitrogen and oxygen atoms in total. The van der Waals surface area contributed by atoms with Gasteiger partial charge in [-0.05, 0) is 42.2 Å². The van der Waals surface area contributed by atoms with Crippen molar-refractivity contribution in [1.82, 2.24) is 10.3 Å². The molecule has 7 heteroatoms. The molecule has 0 saturated heterocycles. The van der Waals surface area contributed by atoms with E-state index in [1.165, 1.54) is 17.1 Å². The molecular formula is C16H26N4O3.